The first kappa shape index (κ1) is 14.4. The number of aryl methyl sites for hydroxylation is 1. The fourth-order valence-electron chi connectivity index (χ4n) is 1.80. The van der Waals surface area contributed by atoms with E-state index in [4.69, 9.17) is 0 Å². The summed E-state index contributed by atoms with van der Waals surface area (Å²) in [6.45, 7) is 4.08. The molecule has 17 heavy (non-hydrogen) atoms. The predicted octanol–water partition coefficient (Wildman–Crippen LogP) is 1.67. The molecule has 0 spiro atoms. The van der Waals surface area contributed by atoms with Gasteiger partial charge < -0.3 is 5.11 Å². The zero-order valence-corrected chi connectivity index (χ0v) is 11.7. The van der Waals surface area contributed by atoms with E-state index in [1.54, 1.807) is 6.26 Å². The minimum Gasteiger partial charge on any atom is -0.395 e. The highest BCUT2D eigenvalue weighted by molar-refractivity contribution is 8.00. The van der Waals surface area contributed by atoms with Crippen LogP contribution >= 0.6 is 0 Å². The van der Waals surface area contributed by atoms with Gasteiger partial charge >= 0.3 is 0 Å². The molecule has 0 aliphatic carbocycles. The molecule has 4 heteroatoms. The average Bonchev–Trinajstić information content (AvgIpc) is 2.28. The van der Waals surface area contributed by atoms with Gasteiger partial charge in [-0.15, -0.1) is 0 Å². The molecule has 0 bridgehead atoms. The van der Waals surface area contributed by atoms with Gasteiger partial charge in [0.25, 0.3) is 0 Å². The number of hydrogen-bond acceptors (Lipinski definition) is 2. The van der Waals surface area contributed by atoms with E-state index in [-0.39, 0.29) is 12.6 Å². The van der Waals surface area contributed by atoms with Crippen molar-refractivity contribution in [1.82, 2.24) is 4.72 Å². The molecule has 0 fully saturated rings. The highest BCUT2D eigenvalue weighted by Crippen LogP contribution is 2.16. The van der Waals surface area contributed by atoms with Crippen LogP contribution in [0, 0.1) is 6.92 Å². The van der Waals surface area contributed by atoms with Crippen molar-refractivity contribution in [2.45, 2.75) is 37.6 Å². The van der Waals surface area contributed by atoms with Crippen molar-refractivity contribution in [1.29, 1.82) is 0 Å². The summed E-state index contributed by atoms with van der Waals surface area (Å²) in [5.41, 5.74) is 1.15. The summed E-state index contributed by atoms with van der Waals surface area (Å²) < 4.78 is 15.6. The van der Waals surface area contributed by atoms with Crippen molar-refractivity contribution < 1.29 is 9.32 Å². The Labute approximate surface area is 105 Å². The molecule has 0 heterocycles. The monoisotopic (exact) mass is 257 g/mol. The number of hydrogen-bond donors (Lipinski definition) is 3. The maximum Gasteiger partial charge on any atom is 0.0593 e. The first-order valence-corrected chi connectivity index (χ1v) is 8.18. The SMILES string of the molecule is CCCC(CO)N[SH](C)(=O)c1ccc(C)cc1. The van der Waals surface area contributed by atoms with Crippen LogP contribution < -0.4 is 4.72 Å². The molecule has 1 atom stereocenters. The first-order chi connectivity index (χ1) is 7.99. The molecule has 1 aromatic carbocycles. The summed E-state index contributed by atoms with van der Waals surface area (Å²) in [5, 5.41) is 9.23. The summed E-state index contributed by atoms with van der Waals surface area (Å²) in [5.74, 6) is 0. The topological polar surface area (TPSA) is 49.3 Å². The Balaban J connectivity index is 2.80. The van der Waals surface area contributed by atoms with E-state index in [0.29, 0.717) is 0 Å². The predicted molar refractivity (Wildman–Crippen MR) is 73.8 cm³/mol. The lowest BCUT2D eigenvalue weighted by molar-refractivity contribution is 0.250. The van der Waals surface area contributed by atoms with E-state index in [2.05, 4.69) is 11.6 Å². The van der Waals surface area contributed by atoms with Gasteiger partial charge in [-0.05, 0) is 35.6 Å². The molecular formula is C13H23NO2S. The Bertz CT molecular complexity index is 389. The van der Waals surface area contributed by atoms with Crippen LogP contribution in [-0.2, 0) is 10.1 Å². The second kappa shape index (κ2) is 6.28. The minimum absolute atomic E-state index is 0.0253. The molecule has 0 radical (unpaired) electrons. The van der Waals surface area contributed by atoms with Crippen molar-refractivity contribution in [2.24, 2.45) is 0 Å². The maximum absolute atomic E-state index is 12.5. The lowest BCUT2D eigenvalue weighted by atomic mass is 10.2. The van der Waals surface area contributed by atoms with Gasteiger partial charge in [-0.1, -0.05) is 31.0 Å². The summed E-state index contributed by atoms with van der Waals surface area (Å²) in [6, 6.07) is 7.62. The van der Waals surface area contributed by atoms with Crippen LogP contribution in [0.5, 0.6) is 0 Å². The van der Waals surface area contributed by atoms with Crippen LogP contribution in [0.15, 0.2) is 29.2 Å². The molecule has 2 N–H and O–H groups in total. The van der Waals surface area contributed by atoms with E-state index in [0.717, 1.165) is 23.3 Å². The molecule has 0 amide bonds. The third-order valence-corrected chi connectivity index (χ3v) is 4.95. The summed E-state index contributed by atoms with van der Waals surface area (Å²) in [6.07, 6.45) is 3.52. The van der Waals surface area contributed by atoms with E-state index in [1.165, 1.54) is 0 Å². The molecule has 0 aliphatic heterocycles. The van der Waals surface area contributed by atoms with Crippen LogP contribution in [0.1, 0.15) is 25.3 Å². The third kappa shape index (κ3) is 4.22. The van der Waals surface area contributed by atoms with E-state index in [1.807, 2.05) is 31.2 Å². The third-order valence-electron chi connectivity index (χ3n) is 2.81. The zero-order valence-electron chi connectivity index (χ0n) is 10.8. The second-order valence-electron chi connectivity index (χ2n) is 4.56. The summed E-state index contributed by atoms with van der Waals surface area (Å²) in [4.78, 5) is 0.817. The maximum atomic E-state index is 12.5. The van der Waals surface area contributed by atoms with Gasteiger partial charge in [-0.3, -0.25) is 8.93 Å². The molecule has 1 aromatic rings. The molecular weight excluding hydrogens is 234 g/mol. The molecule has 3 nitrogen and oxygen atoms in total. The molecule has 0 aliphatic rings. The van der Waals surface area contributed by atoms with Gasteiger partial charge in [0, 0.05) is 17.2 Å². The Morgan fingerprint density at radius 2 is 1.94 bits per heavy atom. The molecule has 0 saturated carbocycles. The van der Waals surface area contributed by atoms with Crippen LogP contribution in [0.3, 0.4) is 0 Å². The first-order valence-electron chi connectivity index (χ1n) is 6.03. The van der Waals surface area contributed by atoms with Gasteiger partial charge in [0.1, 0.15) is 0 Å². The Morgan fingerprint density at radius 1 is 1.35 bits per heavy atom. The number of thiol groups is 1. The normalized spacial score (nSPS) is 14.6. The lowest BCUT2D eigenvalue weighted by Crippen LogP contribution is -2.41. The average molecular weight is 257 g/mol. The number of rotatable bonds is 6. The van der Waals surface area contributed by atoms with Crippen molar-refractivity contribution in [2.75, 3.05) is 12.9 Å². The molecule has 98 valence electrons. The number of aliphatic hydroxyl groups excluding tert-OH is 1. The van der Waals surface area contributed by atoms with Crippen molar-refractivity contribution in [3.8, 4) is 0 Å². The summed E-state index contributed by atoms with van der Waals surface area (Å²) in [7, 11) is -2.58. The highest BCUT2D eigenvalue weighted by Gasteiger charge is 2.16. The van der Waals surface area contributed by atoms with Gasteiger partial charge in [0.05, 0.1) is 6.61 Å². The number of benzene rings is 1. The molecule has 0 saturated heterocycles. The van der Waals surface area contributed by atoms with Crippen molar-refractivity contribution in [3.63, 3.8) is 0 Å². The van der Waals surface area contributed by atoms with Crippen LogP contribution in [0.4, 0.5) is 0 Å². The lowest BCUT2D eigenvalue weighted by Gasteiger charge is -2.26. The number of aliphatic hydroxyl groups is 1. The fraction of sp³-hybridized carbons (Fsp3) is 0.538. The van der Waals surface area contributed by atoms with E-state index in [9.17, 15) is 9.32 Å². The quantitative estimate of drug-likeness (QED) is 0.679. The molecule has 1 rings (SSSR count). The van der Waals surface area contributed by atoms with Crippen LogP contribution in [0.2, 0.25) is 0 Å². The van der Waals surface area contributed by atoms with Crippen LogP contribution in [0.25, 0.3) is 0 Å². The largest absolute Gasteiger partial charge is 0.395 e. The van der Waals surface area contributed by atoms with Gasteiger partial charge in [-0.2, -0.15) is 0 Å². The van der Waals surface area contributed by atoms with E-state index >= 15 is 0 Å². The van der Waals surface area contributed by atoms with E-state index < -0.39 is 10.1 Å². The van der Waals surface area contributed by atoms with Crippen molar-refractivity contribution in [3.05, 3.63) is 29.8 Å². The Morgan fingerprint density at radius 3 is 2.41 bits per heavy atom. The van der Waals surface area contributed by atoms with Crippen LogP contribution in [-0.4, -0.2) is 28.2 Å². The molecule has 0 aromatic heterocycles. The summed E-state index contributed by atoms with van der Waals surface area (Å²) >= 11 is 0. The fourth-order valence-corrected chi connectivity index (χ4v) is 3.57. The minimum atomic E-state index is -2.58. The zero-order chi connectivity index (χ0) is 12.9. The van der Waals surface area contributed by atoms with Gasteiger partial charge in [-0.25, -0.2) is 0 Å². The van der Waals surface area contributed by atoms with Gasteiger partial charge in [0.15, 0.2) is 0 Å². The number of nitrogens with one attached hydrogen (secondary N) is 1. The van der Waals surface area contributed by atoms with Gasteiger partial charge in [0.2, 0.25) is 0 Å². The smallest absolute Gasteiger partial charge is 0.0593 e. The van der Waals surface area contributed by atoms with Crippen molar-refractivity contribution >= 4 is 10.1 Å². The Hall–Kier alpha value is -0.710. The molecule has 1 unspecified atom stereocenters. The standard InChI is InChI=1S/C13H23NO2S/c1-4-5-12(10-15)14-17(3,16)13-8-6-11(2)7-9-13/h6-9,12,15,17H,4-5,10H2,1-3H3,(H,14,16). The highest BCUT2D eigenvalue weighted by atomic mass is 32.3. The Kier molecular flexibility index (Phi) is 5.31. The second-order valence-corrected chi connectivity index (χ2v) is 7.18.